The van der Waals surface area contributed by atoms with E-state index in [2.05, 4.69) is 17.1 Å². The van der Waals surface area contributed by atoms with Crippen molar-refractivity contribution in [3.63, 3.8) is 0 Å². The van der Waals surface area contributed by atoms with Gasteiger partial charge in [-0.15, -0.1) is 0 Å². The van der Waals surface area contributed by atoms with Gasteiger partial charge in [-0.2, -0.15) is 0 Å². The van der Waals surface area contributed by atoms with Crippen molar-refractivity contribution in [2.75, 3.05) is 26.2 Å². The van der Waals surface area contributed by atoms with Gasteiger partial charge in [0.15, 0.2) is 0 Å². The third kappa shape index (κ3) is 1.84. The maximum absolute atomic E-state index is 11.4. The molecule has 4 heteroatoms. The van der Waals surface area contributed by atoms with Gasteiger partial charge in [-0.05, 0) is 13.3 Å². The molecule has 0 saturated carbocycles. The minimum atomic E-state index is 0.103. The Morgan fingerprint density at radius 3 is 3.08 bits per heavy atom. The third-order valence-electron chi connectivity index (χ3n) is 2.73. The minimum Gasteiger partial charge on any atom is -0.376 e. The first-order chi connectivity index (χ1) is 6.27. The van der Waals surface area contributed by atoms with Crippen molar-refractivity contribution in [3.05, 3.63) is 0 Å². The van der Waals surface area contributed by atoms with Gasteiger partial charge in [0.25, 0.3) is 0 Å². The van der Waals surface area contributed by atoms with E-state index in [1.165, 1.54) is 0 Å². The van der Waals surface area contributed by atoms with Gasteiger partial charge < -0.3 is 10.1 Å². The predicted molar refractivity (Wildman–Crippen MR) is 48.4 cm³/mol. The summed E-state index contributed by atoms with van der Waals surface area (Å²) in [5.41, 5.74) is 0. The molecule has 2 saturated heterocycles. The van der Waals surface area contributed by atoms with Gasteiger partial charge in [-0.25, -0.2) is 0 Å². The molecule has 2 aliphatic heterocycles. The van der Waals surface area contributed by atoms with E-state index in [-0.39, 0.29) is 18.1 Å². The lowest BCUT2D eigenvalue weighted by molar-refractivity contribution is -0.126. The molecule has 2 heterocycles. The second-order valence-corrected chi connectivity index (χ2v) is 3.77. The van der Waals surface area contributed by atoms with Gasteiger partial charge in [0.2, 0.25) is 5.91 Å². The van der Waals surface area contributed by atoms with Crippen molar-refractivity contribution in [2.24, 2.45) is 0 Å². The van der Waals surface area contributed by atoms with Gasteiger partial charge >= 0.3 is 0 Å². The van der Waals surface area contributed by atoms with E-state index in [0.29, 0.717) is 0 Å². The van der Waals surface area contributed by atoms with Crippen molar-refractivity contribution in [1.82, 2.24) is 10.2 Å². The molecule has 1 N–H and O–H groups in total. The molecule has 2 atom stereocenters. The molecular weight excluding hydrogens is 168 g/mol. The molecule has 13 heavy (non-hydrogen) atoms. The number of carbonyl (C=O) groups excluding carboxylic acids is 1. The van der Waals surface area contributed by atoms with Crippen LogP contribution in [0.4, 0.5) is 0 Å². The van der Waals surface area contributed by atoms with Gasteiger partial charge in [0.05, 0.1) is 18.8 Å². The summed E-state index contributed by atoms with van der Waals surface area (Å²) in [7, 11) is 0. The Labute approximate surface area is 78.2 Å². The number of ether oxygens (including phenoxy) is 1. The Balaban J connectivity index is 1.95. The van der Waals surface area contributed by atoms with Crippen LogP contribution >= 0.6 is 0 Å². The largest absolute Gasteiger partial charge is 0.376 e. The van der Waals surface area contributed by atoms with E-state index in [1.54, 1.807) is 0 Å². The van der Waals surface area contributed by atoms with Crippen molar-refractivity contribution >= 4 is 5.91 Å². The van der Waals surface area contributed by atoms with Crippen LogP contribution in [0.15, 0.2) is 0 Å². The molecule has 1 unspecified atom stereocenters. The zero-order valence-corrected chi connectivity index (χ0v) is 7.95. The van der Waals surface area contributed by atoms with Crippen molar-refractivity contribution in [2.45, 2.75) is 25.5 Å². The Morgan fingerprint density at radius 1 is 1.62 bits per heavy atom. The molecule has 1 amide bonds. The highest BCUT2D eigenvalue weighted by molar-refractivity contribution is 5.83. The molecule has 0 aromatic rings. The van der Waals surface area contributed by atoms with Crippen LogP contribution in [0.5, 0.6) is 0 Å². The Morgan fingerprint density at radius 2 is 2.46 bits per heavy atom. The van der Waals surface area contributed by atoms with Crippen LogP contribution in [0.25, 0.3) is 0 Å². The smallest absolute Gasteiger partial charge is 0.237 e. The van der Waals surface area contributed by atoms with Crippen LogP contribution in [0.1, 0.15) is 13.3 Å². The summed E-state index contributed by atoms with van der Waals surface area (Å²) in [5, 5.41) is 2.86. The van der Waals surface area contributed by atoms with E-state index in [4.69, 9.17) is 4.74 Å². The average molecular weight is 184 g/mol. The number of nitrogens with zero attached hydrogens (tertiary/aromatic N) is 1. The van der Waals surface area contributed by atoms with Crippen LogP contribution in [-0.2, 0) is 9.53 Å². The summed E-state index contributed by atoms with van der Waals surface area (Å²) in [6.07, 6.45) is 1.22. The van der Waals surface area contributed by atoms with Crippen LogP contribution in [-0.4, -0.2) is 49.2 Å². The minimum absolute atomic E-state index is 0.103. The van der Waals surface area contributed by atoms with E-state index >= 15 is 0 Å². The fraction of sp³-hybridized carbons (Fsp3) is 0.889. The van der Waals surface area contributed by atoms with Crippen molar-refractivity contribution in [3.8, 4) is 0 Å². The van der Waals surface area contributed by atoms with Crippen LogP contribution in [0.2, 0.25) is 0 Å². The quantitative estimate of drug-likeness (QED) is 0.602. The number of rotatable bonds is 1. The van der Waals surface area contributed by atoms with Gasteiger partial charge in [0, 0.05) is 19.6 Å². The lowest BCUT2D eigenvalue weighted by Gasteiger charge is -2.34. The molecular formula is C9H16N2O2. The number of carbonyl (C=O) groups is 1. The molecule has 74 valence electrons. The van der Waals surface area contributed by atoms with Crippen molar-refractivity contribution in [1.29, 1.82) is 0 Å². The Bertz CT molecular complexity index is 208. The van der Waals surface area contributed by atoms with E-state index in [0.717, 1.165) is 32.7 Å². The van der Waals surface area contributed by atoms with Gasteiger partial charge in [-0.3, -0.25) is 9.69 Å². The standard InChI is InChI=1S/C9H16N2O2/c1-7-6-11(4-5-13-7)8-2-3-10-9(8)12/h7-8H,2-6H2,1H3,(H,10,12)/t7-,8?/m1/s1. The van der Waals surface area contributed by atoms with Crippen LogP contribution in [0.3, 0.4) is 0 Å². The molecule has 0 radical (unpaired) electrons. The number of hydrogen-bond donors (Lipinski definition) is 1. The van der Waals surface area contributed by atoms with Crippen LogP contribution in [0, 0.1) is 0 Å². The third-order valence-corrected chi connectivity index (χ3v) is 2.73. The maximum atomic E-state index is 11.4. The van der Waals surface area contributed by atoms with Crippen molar-refractivity contribution < 1.29 is 9.53 Å². The molecule has 0 bridgehead atoms. The number of morpholine rings is 1. The zero-order chi connectivity index (χ0) is 9.26. The second-order valence-electron chi connectivity index (χ2n) is 3.77. The summed E-state index contributed by atoms with van der Waals surface area (Å²) in [6, 6.07) is 0.103. The second kappa shape index (κ2) is 3.64. The first-order valence-electron chi connectivity index (χ1n) is 4.91. The van der Waals surface area contributed by atoms with Gasteiger partial charge in [-0.1, -0.05) is 0 Å². The molecule has 2 aliphatic rings. The summed E-state index contributed by atoms with van der Waals surface area (Å²) in [4.78, 5) is 13.6. The summed E-state index contributed by atoms with van der Waals surface area (Å²) in [5.74, 6) is 0.189. The highest BCUT2D eigenvalue weighted by Crippen LogP contribution is 2.14. The number of nitrogens with one attached hydrogen (secondary N) is 1. The Kier molecular flexibility index (Phi) is 2.51. The lowest BCUT2D eigenvalue weighted by atomic mass is 10.2. The first kappa shape index (κ1) is 8.97. The number of amides is 1. The van der Waals surface area contributed by atoms with E-state index < -0.39 is 0 Å². The SMILES string of the molecule is C[C@@H]1CN(C2CCNC2=O)CCO1. The lowest BCUT2D eigenvalue weighted by Crippen LogP contribution is -2.49. The molecule has 0 spiro atoms. The summed E-state index contributed by atoms with van der Waals surface area (Å²) < 4.78 is 5.43. The highest BCUT2D eigenvalue weighted by Gasteiger charge is 2.32. The van der Waals surface area contributed by atoms with E-state index in [1.807, 2.05) is 0 Å². The summed E-state index contributed by atoms with van der Waals surface area (Å²) >= 11 is 0. The normalized spacial score (nSPS) is 36.2. The fourth-order valence-corrected chi connectivity index (χ4v) is 2.06. The molecule has 0 aliphatic carbocycles. The topological polar surface area (TPSA) is 41.6 Å². The molecule has 2 rings (SSSR count). The zero-order valence-electron chi connectivity index (χ0n) is 7.95. The molecule has 0 aromatic carbocycles. The average Bonchev–Trinajstić information content (AvgIpc) is 2.51. The monoisotopic (exact) mass is 184 g/mol. The molecule has 2 fully saturated rings. The molecule has 0 aromatic heterocycles. The molecule has 4 nitrogen and oxygen atoms in total. The van der Waals surface area contributed by atoms with E-state index in [9.17, 15) is 4.79 Å². The highest BCUT2D eigenvalue weighted by atomic mass is 16.5. The number of hydrogen-bond acceptors (Lipinski definition) is 3. The van der Waals surface area contributed by atoms with Crippen LogP contribution < -0.4 is 5.32 Å². The first-order valence-corrected chi connectivity index (χ1v) is 4.91. The van der Waals surface area contributed by atoms with Gasteiger partial charge in [0.1, 0.15) is 0 Å². The predicted octanol–water partition coefficient (Wildman–Crippen LogP) is -0.404. The Hall–Kier alpha value is -0.610. The fourth-order valence-electron chi connectivity index (χ4n) is 2.06. The summed E-state index contributed by atoms with van der Waals surface area (Å²) in [6.45, 7) is 5.42. The maximum Gasteiger partial charge on any atom is 0.237 e.